The highest BCUT2D eigenvalue weighted by Crippen LogP contribution is 2.21. The molecule has 2 atom stereocenters. The molecule has 0 unspecified atom stereocenters. The van der Waals surface area contributed by atoms with Gasteiger partial charge in [-0.3, -0.25) is 4.79 Å². The van der Waals surface area contributed by atoms with Crippen LogP contribution in [0.5, 0.6) is 0 Å². The van der Waals surface area contributed by atoms with Gasteiger partial charge in [-0.15, -0.1) is 0 Å². The fraction of sp³-hybridized carbons (Fsp3) is 0.889. The van der Waals surface area contributed by atoms with Gasteiger partial charge in [-0.25, -0.2) is 4.79 Å². The summed E-state index contributed by atoms with van der Waals surface area (Å²) in [6, 6.07) is -0.0770. The summed E-state index contributed by atoms with van der Waals surface area (Å²) in [6.45, 7) is 2.16. The highest BCUT2D eigenvalue weighted by Gasteiger charge is 2.34. The lowest BCUT2D eigenvalue weighted by atomic mass is 9.96. The maximum atomic E-state index is 12.5. The van der Waals surface area contributed by atoms with E-state index in [0.717, 1.165) is 51.6 Å². The van der Waals surface area contributed by atoms with Gasteiger partial charge in [-0.1, -0.05) is 19.3 Å². The molecule has 2 saturated heterocycles. The van der Waals surface area contributed by atoms with Gasteiger partial charge in [-0.05, 0) is 44.9 Å². The summed E-state index contributed by atoms with van der Waals surface area (Å²) in [7, 11) is 0. The summed E-state index contributed by atoms with van der Waals surface area (Å²) in [5.74, 6) is -0.00992. The third kappa shape index (κ3) is 4.62. The molecule has 3 fully saturated rings. The number of hydrogen-bond donors (Lipinski definition) is 2. The molecule has 2 aliphatic heterocycles. The topological polar surface area (TPSA) is 70.7 Å². The molecule has 6 nitrogen and oxygen atoms in total. The molecule has 0 aromatic heterocycles. The van der Waals surface area contributed by atoms with E-state index in [0.29, 0.717) is 19.2 Å². The Hall–Kier alpha value is -1.30. The van der Waals surface area contributed by atoms with Crippen LogP contribution in [0.25, 0.3) is 0 Å². The lowest BCUT2D eigenvalue weighted by molar-refractivity contribution is -0.124. The quantitative estimate of drug-likeness (QED) is 0.808. The van der Waals surface area contributed by atoms with Crippen LogP contribution in [0.2, 0.25) is 0 Å². The van der Waals surface area contributed by atoms with Gasteiger partial charge in [-0.2, -0.15) is 0 Å². The van der Waals surface area contributed by atoms with E-state index in [9.17, 15) is 9.59 Å². The van der Waals surface area contributed by atoms with Crippen LogP contribution in [0.4, 0.5) is 4.79 Å². The third-order valence-electron chi connectivity index (χ3n) is 5.54. The highest BCUT2D eigenvalue weighted by molar-refractivity contribution is 5.87. The predicted octanol–water partition coefficient (Wildman–Crippen LogP) is 2.18. The van der Waals surface area contributed by atoms with E-state index in [1.54, 1.807) is 4.90 Å². The summed E-state index contributed by atoms with van der Waals surface area (Å²) < 4.78 is 5.58. The summed E-state index contributed by atoms with van der Waals surface area (Å²) in [5, 5.41) is 6.13. The second-order valence-electron chi connectivity index (χ2n) is 7.35. The van der Waals surface area contributed by atoms with Crippen LogP contribution in [0.15, 0.2) is 0 Å². The maximum absolute atomic E-state index is 12.5. The Morgan fingerprint density at radius 3 is 2.58 bits per heavy atom. The molecule has 3 rings (SSSR count). The Morgan fingerprint density at radius 2 is 1.83 bits per heavy atom. The lowest BCUT2D eigenvalue weighted by Gasteiger charge is -2.29. The van der Waals surface area contributed by atoms with Crippen LogP contribution in [0, 0.1) is 0 Å². The van der Waals surface area contributed by atoms with Crippen molar-refractivity contribution in [2.75, 3.05) is 19.7 Å². The van der Waals surface area contributed by atoms with Crippen molar-refractivity contribution in [1.82, 2.24) is 15.5 Å². The SMILES string of the molecule is O=C(NCC[C@H]1CCCO1)[C@@H]1CCCN1C(=O)NC1CCCCC1. The Kier molecular flexibility index (Phi) is 6.35. The number of carbonyl (C=O) groups is 2. The van der Waals surface area contributed by atoms with E-state index in [1.807, 2.05) is 0 Å². The van der Waals surface area contributed by atoms with Crippen molar-refractivity contribution < 1.29 is 14.3 Å². The van der Waals surface area contributed by atoms with E-state index in [1.165, 1.54) is 19.3 Å². The Labute approximate surface area is 144 Å². The maximum Gasteiger partial charge on any atom is 0.318 e. The summed E-state index contributed by atoms with van der Waals surface area (Å²) in [5.41, 5.74) is 0. The van der Waals surface area contributed by atoms with Crippen LogP contribution >= 0.6 is 0 Å². The average molecular weight is 337 g/mol. The van der Waals surface area contributed by atoms with Crippen LogP contribution in [-0.2, 0) is 9.53 Å². The lowest BCUT2D eigenvalue weighted by Crippen LogP contribution is -2.52. The highest BCUT2D eigenvalue weighted by atomic mass is 16.5. The van der Waals surface area contributed by atoms with Crippen LogP contribution in [-0.4, -0.2) is 54.7 Å². The fourth-order valence-corrected chi connectivity index (χ4v) is 4.13. The second kappa shape index (κ2) is 8.70. The number of carbonyl (C=O) groups excluding carboxylic acids is 2. The zero-order chi connectivity index (χ0) is 16.8. The third-order valence-corrected chi connectivity index (χ3v) is 5.54. The van der Waals surface area contributed by atoms with Gasteiger partial charge in [0.15, 0.2) is 0 Å². The number of urea groups is 1. The molecule has 3 aliphatic rings. The smallest absolute Gasteiger partial charge is 0.318 e. The second-order valence-corrected chi connectivity index (χ2v) is 7.35. The minimum atomic E-state index is -0.307. The first-order valence-electron chi connectivity index (χ1n) is 9.70. The minimum absolute atomic E-state index is 0.00992. The van der Waals surface area contributed by atoms with E-state index in [2.05, 4.69) is 10.6 Å². The largest absolute Gasteiger partial charge is 0.378 e. The number of likely N-dealkylation sites (tertiary alicyclic amines) is 1. The molecular formula is C18H31N3O3. The number of nitrogens with one attached hydrogen (secondary N) is 2. The number of ether oxygens (including phenoxy) is 1. The molecule has 0 radical (unpaired) electrons. The van der Waals surface area contributed by atoms with Crippen molar-refractivity contribution in [3.05, 3.63) is 0 Å². The van der Waals surface area contributed by atoms with E-state index >= 15 is 0 Å². The van der Waals surface area contributed by atoms with E-state index < -0.39 is 0 Å². The number of hydrogen-bond acceptors (Lipinski definition) is 3. The summed E-state index contributed by atoms with van der Waals surface area (Å²) in [4.78, 5) is 26.7. The predicted molar refractivity (Wildman–Crippen MR) is 91.7 cm³/mol. The molecule has 1 aliphatic carbocycles. The van der Waals surface area contributed by atoms with Gasteiger partial charge >= 0.3 is 6.03 Å². The van der Waals surface area contributed by atoms with Gasteiger partial charge < -0.3 is 20.3 Å². The first-order valence-corrected chi connectivity index (χ1v) is 9.70. The molecular weight excluding hydrogens is 306 g/mol. The Bertz CT molecular complexity index is 431. The van der Waals surface area contributed by atoms with Crippen LogP contribution in [0.3, 0.4) is 0 Å². The molecule has 6 heteroatoms. The number of rotatable bonds is 5. The molecule has 1 saturated carbocycles. The monoisotopic (exact) mass is 337 g/mol. The fourth-order valence-electron chi connectivity index (χ4n) is 4.13. The first-order chi connectivity index (χ1) is 11.7. The van der Waals surface area contributed by atoms with Gasteiger partial charge in [0.05, 0.1) is 6.10 Å². The normalized spacial score (nSPS) is 28.1. The van der Waals surface area contributed by atoms with Crippen molar-refractivity contribution in [3.63, 3.8) is 0 Å². The van der Waals surface area contributed by atoms with Crippen molar-refractivity contribution in [1.29, 1.82) is 0 Å². The first kappa shape index (κ1) is 17.5. The molecule has 2 heterocycles. The Balaban J connectivity index is 1.42. The molecule has 3 amide bonds. The van der Waals surface area contributed by atoms with Crippen molar-refractivity contribution in [2.24, 2.45) is 0 Å². The molecule has 0 bridgehead atoms. The number of amides is 3. The van der Waals surface area contributed by atoms with Crippen molar-refractivity contribution in [2.45, 2.75) is 82.4 Å². The van der Waals surface area contributed by atoms with Gasteiger partial charge in [0.2, 0.25) is 5.91 Å². The standard InChI is InChI=1S/C18H31N3O3/c22-17(19-11-10-15-8-5-13-24-15)16-9-4-12-21(16)18(23)20-14-6-2-1-3-7-14/h14-16H,1-13H2,(H,19,22)(H,20,23)/t15-,16+/m1/s1. The zero-order valence-corrected chi connectivity index (χ0v) is 14.6. The van der Waals surface area contributed by atoms with E-state index in [-0.39, 0.29) is 24.0 Å². The molecule has 2 N–H and O–H groups in total. The summed E-state index contributed by atoms with van der Waals surface area (Å²) >= 11 is 0. The number of nitrogens with zero attached hydrogens (tertiary/aromatic N) is 1. The van der Waals surface area contributed by atoms with Crippen molar-refractivity contribution >= 4 is 11.9 Å². The summed E-state index contributed by atoms with van der Waals surface area (Å²) in [6.07, 6.45) is 10.8. The van der Waals surface area contributed by atoms with E-state index in [4.69, 9.17) is 4.74 Å². The molecule has 0 spiro atoms. The van der Waals surface area contributed by atoms with Gasteiger partial charge in [0, 0.05) is 25.7 Å². The van der Waals surface area contributed by atoms with Gasteiger partial charge in [0.1, 0.15) is 6.04 Å². The Morgan fingerprint density at radius 1 is 1.00 bits per heavy atom. The molecule has 0 aromatic rings. The molecule has 136 valence electrons. The average Bonchev–Trinajstić information content (AvgIpc) is 3.27. The van der Waals surface area contributed by atoms with Gasteiger partial charge in [0.25, 0.3) is 0 Å². The molecule has 24 heavy (non-hydrogen) atoms. The van der Waals surface area contributed by atoms with Crippen molar-refractivity contribution in [3.8, 4) is 0 Å². The minimum Gasteiger partial charge on any atom is -0.378 e. The molecule has 0 aromatic carbocycles. The zero-order valence-electron chi connectivity index (χ0n) is 14.6. The van der Waals surface area contributed by atoms with Crippen LogP contribution < -0.4 is 10.6 Å². The van der Waals surface area contributed by atoms with Crippen LogP contribution in [0.1, 0.15) is 64.2 Å².